The van der Waals surface area contributed by atoms with Gasteiger partial charge in [0, 0.05) is 31.9 Å². The van der Waals surface area contributed by atoms with E-state index in [1.165, 1.54) is 57.6 Å². The summed E-state index contributed by atoms with van der Waals surface area (Å²) in [6.45, 7) is 27.8. The minimum Gasteiger partial charge on any atom is -0.478 e. The number of carboxylic acids is 5. The van der Waals surface area contributed by atoms with Crippen molar-refractivity contribution in [2.24, 2.45) is 0 Å². The van der Waals surface area contributed by atoms with Gasteiger partial charge in [0.25, 0.3) is 6.47 Å². The zero-order chi connectivity index (χ0) is 117. The highest BCUT2D eigenvalue weighted by molar-refractivity contribution is 6.02. The van der Waals surface area contributed by atoms with E-state index < -0.39 is 181 Å². The molecular weight excluding hydrogens is 2090 g/mol. The Morgan fingerprint density at radius 2 is 0.527 bits per heavy atom. The largest absolute Gasteiger partial charge is 0.478 e. The van der Waals surface area contributed by atoms with Crippen LogP contribution in [-0.4, -0.2) is 182 Å². The number of carbonyl (C=O) groups is 9. The third-order valence-corrected chi connectivity index (χ3v) is 20.2. The van der Waals surface area contributed by atoms with Gasteiger partial charge in [-0.3, -0.25) is 19.2 Å². The number of ketones is 3. The molecule has 24 nitrogen and oxygen atoms in total. The van der Waals surface area contributed by atoms with Crippen LogP contribution < -0.4 is 4.74 Å². The van der Waals surface area contributed by atoms with Crippen molar-refractivity contribution in [2.75, 3.05) is 0 Å². The Morgan fingerprint density at radius 3 is 0.833 bits per heavy atom. The number of aromatic carboxylic acids is 5. The molecule has 9 aromatic carbocycles. The standard InChI is InChI=1S/3C11H9F3O5.3C11H13F3O.3C8H10.3C3H3F3O.3H2O/c1-10(18,11(12,13)14)8-4-6(19-5-15)2-3-7(8)9(16)17;1-10(19,11(12,13)14)7-3-2-5(8(15)16)4-6(7)9(17)18;1-10(19,11(12,13)14)5-2-3-6(8(15)16)7(4-5)9(17)18;1-7-4-5-9(6-8(7)2)10(3,15)11(12,13)14;1-7-4-5-9(8(2)6-7)10(3,15)11(12,13)14;1-7-4-5-8(2)9(6-7)10(3,15)11(12,13)14;1-7-3-5-8(2)6-4-7;1-7-4-3-5-8(2)6-7;1-7-5-3-4-6-8(7)2;3*1-2(7)3(4,5)6;;;/h2-5,18H,1H3,(H,16,17);2*2-4,19H,1H3,(H,15,16)(H,17,18);3*4-6,15H,1-3H3;3*3-6H,1-2H3;3*1H3;3*1H2. The van der Waals surface area contributed by atoms with Crippen molar-refractivity contribution in [3.8, 4) is 5.75 Å². The van der Waals surface area contributed by atoms with E-state index in [4.69, 9.17) is 25.5 Å². The van der Waals surface area contributed by atoms with E-state index in [9.17, 15) is 192 Å². The van der Waals surface area contributed by atoms with E-state index in [0.29, 0.717) is 88.6 Å². The van der Waals surface area contributed by atoms with Crippen LogP contribution in [-0.2, 0) is 52.8 Å². The summed E-state index contributed by atoms with van der Waals surface area (Å²) in [4.78, 5) is 92.1. The molecule has 0 amide bonds. The summed E-state index contributed by atoms with van der Waals surface area (Å²) >= 11 is 0. The zero-order valence-electron chi connectivity index (χ0n) is 83.1. The predicted octanol–water partition coefficient (Wildman–Crippen LogP) is 22.5. The number of Topliss-reactive ketones (excluding diaryl/α,β-unsaturated/α-hetero) is 3. The normalized spacial score (nSPS) is 13.5. The Bertz CT molecular complexity index is 5790. The first-order valence-electron chi connectivity index (χ1n) is 41.3. The van der Waals surface area contributed by atoms with Crippen LogP contribution in [0, 0.1) is 83.1 Å². The summed E-state index contributed by atoms with van der Waals surface area (Å²) in [5.41, 5.74) is -12.8. The first kappa shape index (κ1) is 147. The Kier molecular flexibility index (Phi) is 57.6. The molecule has 0 saturated carbocycles. The average Bonchev–Trinajstić information content (AvgIpc) is 0.870. The van der Waals surface area contributed by atoms with Crippen molar-refractivity contribution < 1.29 is 239 Å². The third kappa shape index (κ3) is 46.8. The Morgan fingerprint density at radius 1 is 0.240 bits per heavy atom. The van der Waals surface area contributed by atoms with E-state index in [1.54, 1.807) is 71.9 Å². The molecule has 17 N–H and O–H groups in total. The molecule has 0 fully saturated rings. The molecule has 0 aliphatic carbocycles. The van der Waals surface area contributed by atoms with Crippen LogP contribution in [0.25, 0.3) is 0 Å². The molecule has 150 heavy (non-hydrogen) atoms. The molecule has 840 valence electrons. The summed E-state index contributed by atoms with van der Waals surface area (Å²) in [5, 5.41) is 101. The van der Waals surface area contributed by atoms with Gasteiger partial charge in [0.1, 0.15) is 5.75 Å². The monoisotopic (exact) mass is 2200 g/mol. The van der Waals surface area contributed by atoms with E-state index in [-0.39, 0.29) is 45.3 Å². The first-order valence-corrected chi connectivity index (χ1v) is 41.3. The minimum atomic E-state index is -5.10. The fourth-order valence-electron chi connectivity index (χ4n) is 10.4. The number of benzene rings is 9. The van der Waals surface area contributed by atoms with Crippen LogP contribution in [0.5, 0.6) is 5.75 Å². The molecular formula is C99H111F27O24. The van der Waals surface area contributed by atoms with Crippen LogP contribution in [0.2, 0.25) is 0 Å². The van der Waals surface area contributed by atoms with Crippen LogP contribution in [0.4, 0.5) is 119 Å². The van der Waals surface area contributed by atoms with Gasteiger partial charge in [0.2, 0.25) is 17.3 Å². The Labute approximate surface area is 840 Å². The number of aryl methyl sites for hydroxylation is 12. The molecule has 0 aliphatic rings. The molecule has 9 rings (SSSR count). The van der Waals surface area contributed by atoms with Gasteiger partial charge in [-0.1, -0.05) is 173 Å². The molecule has 0 heterocycles. The van der Waals surface area contributed by atoms with Crippen molar-refractivity contribution in [3.63, 3.8) is 0 Å². The van der Waals surface area contributed by atoms with Gasteiger partial charge < -0.3 is 77.3 Å². The number of rotatable bonds is 13. The lowest BCUT2D eigenvalue weighted by Crippen LogP contribution is -2.40. The second-order valence-corrected chi connectivity index (χ2v) is 32.9. The highest BCUT2D eigenvalue weighted by Gasteiger charge is 2.57. The number of halogens is 27. The van der Waals surface area contributed by atoms with E-state index in [2.05, 4.69) is 119 Å². The second-order valence-electron chi connectivity index (χ2n) is 32.9. The van der Waals surface area contributed by atoms with Gasteiger partial charge in [0.05, 0.1) is 27.8 Å². The second kappa shape index (κ2) is 58.7. The molecule has 0 saturated heterocycles. The number of carboxylic acid groups (broad SMARTS) is 5. The molecule has 0 spiro atoms. The van der Waals surface area contributed by atoms with Crippen LogP contribution in [0.15, 0.2) is 182 Å². The highest BCUT2D eigenvalue weighted by atomic mass is 19.4. The van der Waals surface area contributed by atoms with Gasteiger partial charge in [-0.05, 0) is 223 Å². The quantitative estimate of drug-likeness (QED) is 0.0377. The Hall–Kier alpha value is -13.4. The fraction of sp³-hybridized carbons (Fsp3) is 0.364. The minimum absolute atomic E-state index is 0. The van der Waals surface area contributed by atoms with E-state index in [1.807, 2.05) is 0 Å². The van der Waals surface area contributed by atoms with Crippen molar-refractivity contribution in [1.82, 2.24) is 0 Å². The van der Waals surface area contributed by atoms with Gasteiger partial charge in [0.15, 0.2) is 33.6 Å². The van der Waals surface area contributed by atoms with Crippen LogP contribution in [0.1, 0.15) is 214 Å². The lowest BCUT2D eigenvalue weighted by molar-refractivity contribution is -0.259. The molecule has 6 unspecified atom stereocenters. The fourth-order valence-corrected chi connectivity index (χ4v) is 10.4. The number of alkyl halides is 27. The van der Waals surface area contributed by atoms with Gasteiger partial charge >= 0.3 is 85.4 Å². The molecule has 0 bridgehead atoms. The van der Waals surface area contributed by atoms with Crippen molar-refractivity contribution in [1.29, 1.82) is 0 Å². The van der Waals surface area contributed by atoms with E-state index >= 15 is 0 Å². The zero-order valence-corrected chi connectivity index (χ0v) is 83.1. The number of carbonyl (C=O) groups excluding carboxylic acids is 4. The maximum absolute atomic E-state index is 12.7. The first-order chi connectivity index (χ1) is 65.8. The van der Waals surface area contributed by atoms with E-state index in [0.717, 1.165) is 61.7 Å². The summed E-state index contributed by atoms with van der Waals surface area (Å²) in [5.74, 6) is -13.7. The number of hydrogen-bond donors (Lipinski definition) is 11. The molecule has 9 aromatic rings. The number of hydrogen-bond acceptors (Lipinski definition) is 16. The lowest BCUT2D eigenvalue weighted by atomic mass is 9.89. The molecule has 0 radical (unpaired) electrons. The third-order valence-electron chi connectivity index (χ3n) is 20.2. The highest BCUT2D eigenvalue weighted by Crippen LogP contribution is 2.46. The summed E-state index contributed by atoms with van der Waals surface area (Å²) in [7, 11) is 0. The van der Waals surface area contributed by atoms with Crippen molar-refractivity contribution in [2.45, 2.75) is 235 Å². The van der Waals surface area contributed by atoms with Gasteiger partial charge in [-0.2, -0.15) is 119 Å². The molecule has 51 heteroatoms. The van der Waals surface area contributed by atoms with Crippen molar-refractivity contribution in [3.05, 3.63) is 310 Å². The van der Waals surface area contributed by atoms with Crippen LogP contribution in [0.3, 0.4) is 0 Å². The maximum Gasteiger partial charge on any atom is 0.449 e. The summed E-state index contributed by atoms with van der Waals surface area (Å²) in [6, 6.07) is 45.1. The summed E-state index contributed by atoms with van der Waals surface area (Å²) < 4.78 is 329. The SMILES string of the molecule is CC(=O)C(F)(F)F.CC(=O)C(F)(F)F.CC(=O)C(F)(F)F.CC(O)(c1cc(OC=O)ccc1C(=O)O)C(F)(F)F.CC(O)(c1ccc(C(=O)O)c(C(=O)O)c1)C(F)(F)F.CC(O)(c1ccc(C(=O)O)cc1C(=O)O)C(F)(F)F.Cc1ccc(C(C)(O)C(F)(F)F)c(C)c1.Cc1ccc(C(C)(O)C(F)(F)F)cc1C.Cc1ccc(C)c(C(C)(O)C(F)(F)F)c1.Cc1ccc(C)cc1.Cc1cccc(C)c1.Cc1ccccc1C.O.O.O. The molecule has 6 atom stereocenters. The van der Waals surface area contributed by atoms with Gasteiger partial charge in [-0.25, -0.2) is 24.0 Å². The maximum atomic E-state index is 12.7. The summed E-state index contributed by atoms with van der Waals surface area (Å²) in [6.07, 6.45) is -43.1. The number of aliphatic hydroxyl groups is 6. The van der Waals surface area contributed by atoms with Crippen LogP contribution >= 0.6 is 0 Å². The van der Waals surface area contributed by atoms with Crippen molar-refractivity contribution >= 4 is 53.7 Å². The smallest absolute Gasteiger partial charge is 0.449 e. The lowest BCUT2D eigenvalue weighted by Gasteiger charge is -2.28. The topological polar surface area (TPSA) is 480 Å². The predicted molar refractivity (Wildman–Crippen MR) is 491 cm³/mol. The molecule has 0 aliphatic heterocycles. The Balaban J connectivity index is -0.000000383. The number of ether oxygens (including phenoxy) is 1. The average molecular weight is 2200 g/mol. The molecule has 0 aromatic heterocycles. The van der Waals surface area contributed by atoms with Gasteiger partial charge in [-0.15, -0.1) is 0 Å².